The van der Waals surface area contributed by atoms with Crippen molar-refractivity contribution in [3.63, 3.8) is 0 Å². The minimum Gasteiger partial charge on any atom is -0.379 e. The van der Waals surface area contributed by atoms with Gasteiger partial charge >= 0.3 is 11.9 Å². The second kappa shape index (κ2) is 9.90. The zero-order valence-electron chi connectivity index (χ0n) is 23.3. The number of hydrogen-bond acceptors (Lipinski definition) is 5. The van der Waals surface area contributed by atoms with Crippen molar-refractivity contribution < 1.29 is 22.3 Å². The first-order valence-corrected chi connectivity index (χ1v) is 13.9. The van der Waals surface area contributed by atoms with E-state index >= 15 is 0 Å². The molecule has 0 radical (unpaired) electrons. The van der Waals surface area contributed by atoms with Crippen LogP contribution < -0.4 is 5.69 Å². The van der Waals surface area contributed by atoms with Gasteiger partial charge in [0.25, 0.3) is 0 Å². The molecule has 6 rings (SSSR count). The minimum atomic E-state index is -4.67. The number of aromatic nitrogens is 2. The second-order valence-corrected chi connectivity index (χ2v) is 12.1. The Morgan fingerprint density at radius 2 is 1.85 bits per heavy atom. The summed E-state index contributed by atoms with van der Waals surface area (Å²) in [6.07, 6.45) is 0.305. The van der Waals surface area contributed by atoms with E-state index < -0.39 is 29.6 Å². The van der Waals surface area contributed by atoms with Crippen molar-refractivity contribution in [3.05, 3.63) is 69.9 Å². The molecule has 0 N–H and O–H groups in total. The smallest absolute Gasteiger partial charge is 0.379 e. The van der Waals surface area contributed by atoms with Crippen molar-refractivity contribution in [1.29, 1.82) is 0 Å². The molecule has 3 aliphatic heterocycles. The molecule has 2 fully saturated rings. The molecule has 3 aromatic rings. The number of nitrogens with zero attached hydrogens (tertiary/aromatic N) is 5. The summed E-state index contributed by atoms with van der Waals surface area (Å²) in [5.74, 6) is 0. The average Bonchev–Trinajstić information content (AvgIpc) is 3.42. The van der Waals surface area contributed by atoms with Crippen LogP contribution in [0.1, 0.15) is 62.8 Å². The number of halogens is 4. The van der Waals surface area contributed by atoms with E-state index in [9.17, 15) is 22.4 Å². The lowest BCUT2D eigenvalue weighted by Gasteiger charge is -2.43. The first-order chi connectivity index (χ1) is 19.4. The molecule has 1 aromatic carbocycles. The van der Waals surface area contributed by atoms with Crippen LogP contribution in [-0.2, 0) is 16.3 Å². The Balaban J connectivity index is 1.40. The predicted molar refractivity (Wildman–Crippen MR) is 149 cm³/mol. The lowest BCUT2D eigenvalue weighted by Crippen LogP contribution is -2.49. The lowest BCUT2D eigenvalue weighted by molar-refractivity contribution is -0.136. The van der Waals surface area contributed by atoms with E-state index in [-0.39, 0.29) is 16.3 Å². The largest absolute Gasteiger partial charge is 0.418 e. The molecule has 5 heterocycles. The Labute approximate surface area is 235 Å². The fourth-order valence-corrected chi connectivity index (χ4v) is 6.05. The zero-order chi connectivity index (χ0) is 29.2. The SMILES string of the molecule is CC(c1cc(C(F)(F)F)c2cn(-c3cccc(C4(CC5=NN=CC5(C)C)COC4)c3)c(=O)n2c1)N1CCC(F)CC1. The van der Waals surface area contributed by atoms with Crippen LogP contribution in [0, 0.1) is 5.41 Å². The van der Waals surface area contributed by atoms with Crippen molar-refractivity contribution in [2.45, 2.75) is 63.8 Å². The highest BCUT2D eigenvalue weighted by Gasteiger charge is 2.45. The Morgan fingerprint density at radius 1 is 1.12 bits per heavy atom. The molecule has 218 valence electrons. The molecule has 2 aromatic heterocycles. The van der Waals surface area contributed by atoms with Gasteiger partial charge in [-0.05, 0) is 62.9 Å². The number of fused-ring (bicyclic) bond motifs is 1. The summed E-state index contributed by atoms with van der Waals surface area (Å²) in [4.78, 5) is 15.6. The highest BCUT2D eigenvalue weighted by molar-refractivity contribution is 6.05. The summed E-state index contributed by atoms with van der Waals surface area (Å²) in [6, 6.07) is 8.05. The molecule has 41 heavy (non-hydrogen) atoms. The highest BCUT2D eigenvalue weighted by Crippen LogP contribution is 2.41. The summed E-state index contributed by atoms with van der Waals surface area (Å²) >= 11 is 0. The highest BCUT2D eigenvalue weighted by atomic mass is 19.4. The van der Waals surface area contributed by atoms with Gasteiger partial charge in [-0.1, -0.05) is 12.1 Å². The van der Waals surface area contributed by atoms with E-state index in [1.165, 1.54) is 17.0 Å². The van der Waals surface area contributed by atoms with Crippen molar-refractivity contribution in [2.75, 3.05) is 26.3 Å². The summed E-state index contributed by atoms with van der Waals surface area (Å²) in [6.45, 7) is 7.74. The Hall–Kier alpha value is -3.31. The lowest BCUT2D eigenvalue weighted by atomic mass is 9.70. The molecule has 0 amide bonds. The molecular weight excluding hydrogens is 538 g/mol. The molecule has 11 heteroatoms. The standard InChI is InChI=1S/C30H33F4N5O2/c1-19(37-9-7-22(31)8-10-37)20-11-24(30(32,33)34)25-15-38(27(40)39(25)14-20)23-6-4-5-21(12-23)29(17-41-18-29)13-26-28(2,3)16-35-36-26/h4-6,11-12,14-16,19,22H,7-10,13,17-18H2,1-3H3. The van der Waals surface area contributed by atoms with Crippen molar-refractivity contribution in [2.24, 2.45) is 15.6 Å². The normalized spacial score (nSPS) is 21.7. The Morgan fingerprint density at radius 3 is 2.46 bits per heavy atom. The van der Waals surface area contributed by atoms with Crippen LogP contribution >= 0.6 is 0 Å². The quantitative estimate of drug-likeness (QED) is 0.355. The van der Waals surface area contributed by atoms with Gasteiger partial charge in [0.15, 0.2) is 0 Å². The summed E-state index contributed by atoms with van der Waals surface area (Å²) < 4.78 is 64.6. The maximum absolute atomic E-state index is 14.3. The van der Waals surface area contributed by atoms with Crippen LogP contribution in [0.15, 0.2) is 57.7 Å². The fraction of sp³-hybridized carbons (Fsp3) is 0.500. The van der Waals surface area contributed by atoms with Gasteiger partial charge in [0.05, 0.1) is 35.7 Å². The van der Waals surface area contributed by atoms with Crippen molar-refractivity contribution in [3.8, 4) is 5.69 Å². The molecule has 3 aliphatic rings. The molecule has 0 spiro atoms. The van der Waals surface area contributed by atoms with Gasteiger partial charge in [-0.3, -0.25) is 13.9 Å². The number of pyridine rings is 1. The maximum Gasteiger partial charge on any atom is 0.418 e. The van der Waals surface area contributed by atoms with Crippen LogP contribution in [0.25, 0.3) is 11.2 Å². The molecule has 0 saturated carbocycles. The molecule has 0 aliphatic carbocycles. The van der Waals surface area contributed by atoms with Gasteiger partial charge in [0, 0.05) is 55.0 Å². The number of piperidine rings is 1. The third kappa shape index (κ3) is 4.92. The van der Waals surface area contributed by atoms with Crippen LogP contribution in [0.4, 0.5) is 17.6 Å². The summed E-state index contributed by atoms with van der Waals surface area (Å²) in [5.41, 5.74) is 0.375. The van der Waals surface area contributed by atoms with Crippen LogP contribution in [-0.4, -0.2) is 58.3 Å². The number of rotatable bonds is 6. The minimum absolute atomic E-state index is 0.216. The first-order valence-electron chi connectivity index (χ1n) is 13.9. The number of hydrogen-bond donors (Lipinski definition) is 0. The van der Waals surface area contributed by atoms with Gasteiger partial charge in [0.1, 0.15) is 6.17 Å². The van der Waals surface area contributed by atoms with Gasteiger partial charge < -0.3 is 4.74 Å². The Bertz CT molecular complexity index is 1590. The molecule has 1 unspecified atom stereocenters. The summed E-state index contributed by atoms with van der Waals surface area (Å²) in [5, 5.41) is 8.44. The monoisotopic (exact) mass is 571 g/mol. The zero-order valence-corrected chi connectivity index (χ0v) is 23.3. The van der Waals surface area contributed by atoms with Crippen molar-refractivity contribution in [1.82, 2.24) is 13.9 Å². The fourth-order valence-electron chi connectivity index (χ4n) is 6.05. The van der Waals surface area contributed by atoms with Gasteiger partial charge in [-0.25, -0.2) is 9.18 Å². The van der Waals surface area contributed by atoms with Crippen LogP contribution in [0.3, 0.4) is 0 Å². The van der Waals surface area contributed by atoms with E-state index in [0.29, 0.717) is 56.8 Å². The Kier molecular flexibility index (Phi) is 6.73. The number of alkyl halides is 4. The van der Waals surface area contributed by atoms with Crippen LogP contribution in [0.2, 0.25) is 0 Å². The van der Waals surface area contributed by atoms with Gasteiger partial charge in [0.2, 0.25) is 0 Å². The van der Waals surface area contributed by atoms with Gasteiger partial charge in [-0.2, -0.15) is 23.4 Å². The van der Waals surface area contributed by atoms with Crippen molar-refractivity contribution >= 4 is 17.4 Å². The first kappa shape index (κ1) is 27.8. The second-order valence-electron chi connectivity index (χ2n) is 12.1. The van der Waals surface area contributed by atoms with E-state index in [1.54, 1.807) is 13.0 Å². The number of ether oxygens (including phenoxy) is 1. The topological polar surface area (TPSA) is 63.6 Å². The van der Waals surface area contributed by atoms with E-state index in [0.717, 1.165) is 21.7 Å². The van der Waals surface area contributed by atoms with E-state index in [2.05, 4.69) is 24.1 Å². The van der Waals surface area contributed by atoms with E-state index in [4.69, 9.17) is 4.74 Å². The number of benzene rings is 1. The molecular formula is C30H33F4N5O2. The number of likely N-dealkylation sites (tertiary alicyclic amines) is 1. The summed E-state index contributed by atoms with van der Waals surface area (Å²) in [7, 11) is 0. The predicted octanol–water partition coefficient (Wildman–Crippen LogP) is 5.73. The maximum atomic E-state index is 14.3. The molecule has 0 bridgehead atoms. The number of imidazole rings is 1. The van der Waals surface area contributed by atoms with E-state index in [1.807, 2.05) is 29.3 Å². The van der Waals surface area contributed by atoms with Crippen LogP contribution in [0.5, 0.6) is 0 Å². The molecule has 7 nitrogen and oxygen atoms in total. The third-order valence-electron chi connectivity index (χ3n) is 8.88. The average molecular weight is 572 g/mol. The molecule has 2 saturated heterocycles. The third-order valence-corrected chi connectivity index (χ3v) is 8.88. The van der Waals surface area contributed by atoms with Gasteiger partial charge in [-0.15, -0.1) is 0 Å². The molecule has 1 atom stereocenters.